The van der Waals surface area contributed by atoms with E-state index < -0.39 is 0 Å². The number of amidine groups is 1. The van der Waals surface area contributed by atoms with Gasteiger partial charge >= 0.3 is 0 Å². The molecular formula is C21H22N2O2S. The van der Waals surface area contributed by atoms with E-state index in [-0.39, 0.29) is 11.9 Å². The average Bonchev–Trinajstić information content (AvgIpc) is 2.93. The monoisotopic (exact) mass is 366 g/mol. The Morgan fingerprint density at radius 3 is 2.50 bits per heavy atom. The van der Waals surface area contributed by atoms with Crippen molar-refractivity contribution in [1.29, 1.82) is 0 Å². The van der Waals surface area contributed by atoms with Gasteiger partial charge in [0, 0.05) is 6.04 Å². The van der Waals surface area contributed by atoms with Gasteiger partial charge in [-0.1, -0.05) is 24.3 Å². The van der Waals surface area contributed by atoms with Crippen molar-refractivity contribution < 1.29 is 9.53 Å². The molecule has 1 heterocycles. The van der Waals surface area contributed by atoms with Gasteiger partial charge in [-0.25, -0.2) is 4.99 Å². The van der Waals surface area contributed by atoms with Gasteiger partial charge in [-0.15, -0.1) is 0 Å². The molecule has 0 aromatic heterocycles. The lowest BCUT2D eigenvalue weighted by molar-refractivity contribution is -0.123. The largest absolute Gasteiger partial charge is 0.497 e. The van der Waals surface area contributed by atoms with Crippen LogP contribution in [0.5, 0.6) is 5.75 Å². The summed E-state index contributed by atoms with van der Waals surface area (Å²) < 4.78 is 5.25. The second-order valence-corrected chi connectivity index (χ2v) is 7.34. The Morgan fingerprint density at radius 2 is 1.88 bits per heavy atom. The summed E-state index contributed by atoms with van der Waals surface area (Å²) in [6.07, 6.45) is 1.94. The number of thioether (sulfide) groups is 1. The van der Waals surface area contributed by atoms with Gasteiger partial charge in [0.1, 0.15) is 5.75 Å². The highest BCUT2D eigenvalue weighted by Crippen LogP contribution is 2.36. The molecule has 5 heteroatoms. The average molecular weight is 366 g/mol. The van der Waals surface area contributed by atoms with Crippen LogP contribution in [0.15, 0.2) is 58.4 Å². The second kappa shape index (κ2) is 7.79. The van der Waals surface area contributed by atoms with Gasteiger partial charge in [0.2, 0.25) is 0 Å². The number of rotatable bonds is 4. The Bertz CT molecular complexity index is 873. The van der Waals surface area contributed by atoms with Crippen molar-refractivity contribution in [2.75, 3.05) is 7.11 Å². The minimum atomic E-state index is -0.00472. The maximum atomic E-state index is 12.9. The van der Waals surface area contributed by atoms with Gasteiger partial charge in [0.15, 0.2) is 5.17 Å². The van der Waals surface area contributed by atoms with Crippen molar-refractivity contribution >= 4 is 34.6 Å². The molecule has 0 aliphatic carbocycles. The van der Waals surface area contributed by atoms with Crippen LogP contribution in [0.1, 0.15) is 25.0 Å². The number of hydrogen-bond donors (Lipinski definition) is 0. The minimum Gasteiger partial charge on any atom is -0.497 e. The Balaban J connectivity index is 1.97. The number of aliphatic imine (C=N–C) groups is 1. The van der Waals surface area contributed by atoms with Crippen molar-refractivity contribution in [3.05, 3.63) is 64.6 Å². The molecule has 1 amide bonds. The molecule has 2 aromatic rings. The molecule has 134 valence electrons. The van der Waals surface area contributed by atoms with Crippen molar-refractivity contribution in [3.63, 3.8) is 0 Å². The highest BCUT2D eigenvalue weighted by Gasteiger charge is 2.35. The number of benzene rings is 2. The summed E-state index contributed by atoms with van der Waals surface area (Å²) in [6.45, 7) is 6.01. The maximum Gasteiger partial charge on any atom is 0.266 e. The molecule has 1 fully saturated rings. The Kier molecular flexibility index (Phi) is 5.47. The Labute approximate surface area is 158 Å². The van der Waals surface area contributed by atoms with Gasteiger partial charge in [-0.2, -0.15) is 0 Å². The molecule has 0 atom stereocenters. The van der Waals surface area contributed by atoms with Crippen LogP contribution in [0.4, 0.5) is 5.69 Å². The zero-order chi connectivity index (χ0) is 18.7. The topological polar surface area (TPSA) is 41.9 Å². The number of methoxy groups -OCH3 is 1. The van der Waals surface area contributed by atoms with Gasteiger partial charge < -0.3 is 4.74 Å². The predicted molar refractivity (Wildman–Crippen MR) is 109 cm³/mol. The van der Waals surface area contributed by atoms with E-state index in [4.69, 9.17) is 4.74 Å². The minimum absolute atomic E-state index is 0.00472. The van der Waals surface area contributed by atoms with Crippen molar-refractivity contribution in [1.82, 2.24) is 4.90 Å². The normalized spacial score (nSPS) is 17.6. The van der Waals surface area contributed by atoms with Crippen LogP contribution >= 0.6 is 11.8 Å². The molecule has 0 radical (unpaired) electrons. The number of carbonyl (C=O) groups excluding carboxylic acids is 1. The Morgan fingerprint density at radius 1 is 1.15 bits per heavy atom. The summed E-state index contributed by atoms with van der Waals surface area (Å²) in [5, 5.41) is 0.716. The first-order valence-electron chi connectivity index (χ1n) is 8.51. The zero-order valence-corrected chi connectivity index (χ0v) is 16.2. The molecule has 26 heavy (non-hydrogen) atoms. The van der Waals surface area contributed by atoms with E-state index in [1.165, 1.54) is 11.8 Å². The number of amides is 1. The molecule has 2 aromatic carbocycles. The van der Waals surface area contributed by atoms with Gasteiger partial charge in [0.25, 0.3) is 5.91 Å². The van der Waals surface area contributed by atoms with Crippen LogP contribution in [0.25, 0.3) is 6.08 Å². The number of ether oxygens (including phenoxy) is 1. The molecule has 3 rings (SSSR count). The molecule has 1 saturated heterocycles. The standard InChI is InChI=1S/C21H22N2O2S/c1-14(2)23-20(24)19(13-16-10-11-18(25-4)12-15(16)3)26-21(23)22-17-8-6-5-7-9-17/h5-14H,1-4H3/b19-13+,22-21?. The Hall–Kier alpha value is -2.53. The maximum absolute atomic E-state index is 12.9. The van der Waals surface area contributed by atoms with E-state index in [0.717, 1.165) is 22.6 Å². The van der Waals surface area contributed by atoms with Crippen LogP contribution < -0.4 is 4.74 Å². The molecule has 0 N–H and O–H groups in total. The van der Waals surface area contributed by atoms with Gasteiger partial charge in [0.05, 0.1) is 17.7 Å². The molecule has 0 bridgehead atoms. The van der Waals surface area contributed by atoms with E-state index >= 15 is 0 Å². The predicted octanol–water partition coefficient (Wildman–Crippen LogP) is 5.02. The zero-order valence-electron chi connectivity index (χ0n) is 15.4. The highest BCUT2D eigenvalue weighted by atomic mass is 32.2. The fraction of sp³-hybridized carbons (Fsp3) is 0.238. The van der Waals surface area contributed by atoms with Crippen LogP contribution in [0.3, 0.4) is 0 Å². The second-order valence-electron chi connectivity index (χ2n) is 6.33. The van der Waals surface area contributed by atoms with Crippen LogP contribution in [0.2, 0.25) is 0 Å². The lowest BCUT2D eigenvalue weighted by atomic mass is 10.1. The molecule has 0 spiro atoms. The summed E-state index contributed by atoms with van der Waals surface area (Å²) in [5.74, 6) is 0.806. The fourth-order valence-electron chi connectivity index (χ4n) is 2.71. The van der Waals surface area contributed by atoms with Gasteiger partial charge in [-0.3, -0.25) is 9.69 Å². The number of aryl methyl sites for hydroxylation is 1. The van der Waals surface area contributed by atoms with E-state index in [9.17, 15) is 4.79 Å². The van der Waals surface area contributed by atoms with E-state index in [2.05, 4.69) is 4.99 Å². The summed E-state index contributed by atoms with van der Waals surface area (Å²) in [7, 11) is 1.65. The first-order valence-corrected chi connectivity index (χ1v) is 9.32. The summed E-state index contributed by atoms with van der Waals surface area (Å²) >= 11 is 1.42. The molecule has 0 saturated carbocycles. The third kappa shape index (κ3) is 3.83. The molecular weight excluding hydrogens is 344 g/mol. The van der Waals surface area contributed by atoms with Crippen LogP contribution in [0, 0.1) is 6.92 Å². The number of carbonyl (C=O) groups is 1. The van der Waals surface area contributed by atoms with Crippen molar-refractivity contribution in [2.45, 2.75) is 26.8 Å². The summed E-state index contributed by atoms with van der Waals surface area (Å²) in [5.41, 5.74) is 2.91. The smallest absolute Gasteiger partial charge is 0.266 e. The third-order valence-corrected chi connectivity index (χ3v) is 5.08. The molecule has 0 unspecified atom stereocenters. The molecule has 1 aliphatic rings. The SMILES string of the molecule is COc1ccc(/C=C2/SC(=Nc3ccccc3)N(C(C)C)C2=O)c(C)c1. The van der Waals surface area contributed by atoms with Crippen LogP contribution in [-0.4, -0.2) is 29.1 Å². The summed E-state index contributed by atoms with van der Waals surface area (Å²) in [4.78, 5) is 20.0. The van der Waals surface area contributed by atoms with E-state index in [0.29, 0.717) is 10.1 Å². The number of hydrogen-bond acceptors (Lipinski definition) is 4. The first kappa shape index (κ1) is 18.3. The highest BCUT2D eigenvalue weighted by molar-refractivity contribution is 8.18. The lowest BCUT2D eigenvalue weighted by Gasteiger charge is -2.19. The van der Waals surface area contributed by atoms with E-state index in [1.807, 2.05) is 75.4 Å². The summed E-state index contributed by atoms with van der Waals surface area (Å²) in [6, 6.07) is 15.6. The van der Waals surface area contributed by atoms with Crippen molar-refractivity contribution in [2.24, 2.45) is 4.99 Å². The van der Waals surface area contributed by atoms with Crippen LogP contribution in [-0.2, 0) is 4.79 Å². The quantitative estimate of drug-likeness (QED) is 0.714. The third-order valence-electron chi connectivity index (χ3n) is 4.10. The molecule has 4 nitrogen and oxygen atoms in total. The number of para-hydroxylation sites is 1. The van der Waals surface area contributed by atoms with Gasteiger partial charge in [-0.05, 0) is 74.0 Å². The first-order chi connectivity index (χ1) is 12.5. The number of nitrogens with zero attached hydrogens (tertiary/aromatic N) is 2. The lowest BCUT2D eigenvalue weighted by Crippen LogP contribution is -2.35. The fourth-order valence-corrected chi connectivity index (χ4v) is 3.82. The van der Waals surface area contributed by atoms with E-state index in [1.54, 1.807) is 12.0 Å². The van der Waals surface area contributed by atoms with Crippen molar-refractivity contribution in [3.8, 4) is 5.75 Å². The molecule has 1 aliphatic heterocycles.